The zero-order chi connectivity index (χ0) is 22.8. The molecule has 0 unspecified atom stereocenters. The molecule has 0 bridgehead atoms. The maximum Gasteiger partial charge on any atom is 0.328 e. The molecular weight excluding hydrogens is 428 g/mol. The highest BCUT2D eigenvalue weighted by Gasteiger charge is 2.63. The van der Waals surface area contributed by atoms with Crippen molar-refractivity contribution in [3.05, 3.63) is 17.2 Å². The molecule has 0 radical (unpaired) electrons. The third-order valence-electron chi connectivity index (χ3n) is 6.25. The Balaban J connectivity index is 1.70. The molecule has 0 aromatic heterocycles. The van der Waals surface area contributed by atoms with Crippen molar-refractivity contribution in [2.75, 3.05) is 13.9 Å². The second-order valence-electron chi connectivity index (χ2n) is 7.76. The molecule has 1 atom stereocenters. The molecule has 13 heteroatoms. The van der Waals surface area contributed by atoms with Gasteiger partial charge < -0.3 is 14.2 Å². The molecular formula is C19H16N4O9. The monoisotopic (exact) mass is 444 g/mol. The van der Waals surface area contributed by atoms with Crippen molar-refractivity contribution in [3.63, 3.8) is 0 Å². The zero-order valence-corrected chi connectivity index (χ0v) is 16.5. The van der Waals surface area contributed by atoms with Crippen LogP contribution in [0.4, 0.5) is 9.59 Å². The molecule has 5 rings (SSSR count). The quantitative estimate of drug-likeness (QED) is 0.394. The summed E-state index contributed by atoms with van der Waals surface area (Å²) in [7, 11) is 1.38. The van der Waals surface area contributed by atoms with E-state index in [9.17, 15) is 28.8 Å². The summed E-state index contributed by atoms with van der Waals surface area (Å²) in [6.07, 6.45) is -0.389. The number of amides is 8. The molecule has 1 aromatic carbocycles. The predicted octanol–water partition coefficient (Wildman–Crippen LogP) is -1.53. The van der Waals surface area contributed by atoms with Gasteiger partial charge in [0.2, 0.25) is 36.2 Å². The lowest BCUT2D eigenvalue weighted by molar-refractivity contribution is -0.154. The number of carbonyl (C=O) groups is 6. The number of imide groups is 4. The fourth-order valence-corrected chi connectivity index (χ4v) is 4.87. The van der Waals surface area contributed by atoms with Crippen LogP contribution in [0.3, 0.4) is 0 Å². The number of methoxy groups -OCH3 is 1. The third kappa shape index (κ3) is 2.57. The Morgan fingerprint density at radius 1 is 0.938 bits per heavy atom. The molecule has 2 saturated heterocycles. The first kappa shape index (κ1) is 19.8. The summed E-state index contributed by atoms with van der Waals surface area (Å²) >= 11 is 0. The van der Waals surface area contributed by atoms with E-state index in [2.05, 4.69) is 10.6 Å². The Labute approximate surface area is 179 Å². The van der Waals surface area contributed by atoms with Crippen molar-refractivity contribution in [2.24, 2.45) is 17.3 Å². The summed E-state index contributed by atoms with van der Waals surface area (Å²) in [5, 5.41) is 8.12. The summed E-state index contributed by atoms with van der Waals surface area (Å²) in [5.74, 6) is -5.67. The maximum absolute atomic E-state index is 13.1. The Kier molecular flexibility index (Phi) is 4.12. The van der Waals surface area contributed by atoms with Crippen molar-refractivity contribution < 1.29 is 43.0 Å². The smallest absolute Gasteiger partial charge is 0.328 e. The van der Waals surface area contributed by atoms with Gasteiger partial charge in [-0.05, 0) is 18.1 Å². The lowest BCUT2D eigenvalue weighted by Gasteiger charge is -2.46. The minimum absolute atomic E-state index is 0.0613. The average Bonchev–Trinajstić information content (AvgIpc) is 3.17. The van der Waals surface area contributed by atoms with E-state index in [0.29, 0.717) is 22.6 Å². The van der Waals surface area contributed by atoms with Gasteiger partial charge in [0.15, 0.2) is 11.5 Å². The van der Waals surface area contributed by atoms with E-state index in [-0.39, 0.29) is 25.4 Å². The molecule has 1 spiro atoms. The molecule has 8 amide bonds. The van der Waals surface area contributed by atoms with Crippen molar-refractivity contribution >= 4 is 35.7 Å². The number of urea groups is 2. The van der Waals surface area contributed by atoms with Crippen molar-refractivity contribution in [1.82, 2.24) is 21.3 Å². The molecule has 1 aromatic rings. The van der Waals surface area contributed by atoms with Gasteiger partial charge in [-0.15, -0.1) is 0 Å². The summed E-state index contributed by atoms with van der Waals surface area (Å²) in [5.41, 5.74) is -1.00. The highest BCUT2D eigenvalue weighted by Crippen LogP contribution is 2.53. The van der Waals surface area contributed by atoms with Gasteiger partial charge in [-0.1, -0.05) is 0 Å². The van der Waals surface area contributed by atoms with Crippen LogP contribution in [0.15, 0.2) is 6.07 Å². The van der Waals surface area contributed by atoms with E-state index >= 15 is 0 Å². The Hall–Kier alpha value is -4.16. The van der Waals surface area contributed by atoms with Crippen LogP contribution in [-0.2, 0) is 32.0 Å². The number of nitrogens with one attached hydrogen (secondary N) is 4. The standard InChI is InChI=1S/C19H16N4O9/c1-30-11-7-4-19(15(26)22-18(29)23-16(19)27)8(10-13(24)20-17(28)21-14(10)25)2-6(7)3-9-12(11)32-5-31-9/h3,8,10H,2,4-5H2,1H3,(H2,20,21,24,25,28)(H2,22,23,26,27,29)/t8-/m1/s1. The van der Waals surface area contributed by atoms with Gasteiger partial charge in [0.25, 0.3) is 0 Å². The van der Waals surface area contributed by atoms with Crippen molar-refractivity contribution in [3.8, 4) is 17.2 Å². The minimum atomic E-state index is -2.01. The molecule has 3 heterocycles. The van der Waals surface area contributed by atoms with Gasteiger partial charge in [0.1, 0.15) is 11.3 Å². The van der Waals surface area contributed by atoms with Gasteiger partial charge in [-0.3, -0.25) is 40.4 Å². The number of rotatable bonds is 2. The number of ether oxygens (including phenoxy) is 3. The van der Waals surface area contributed by atoms with Crippen LogP contribution in [0.1, 0.15) is 11.1 Å². The first-order chi connectivity index (χ1) is 15.3. The number of benzene rings is 1. The zero-order valence-electron chi connectivity index (χ0n) is 16.5. The Morgan fingerprint density at radius 2 is 1.56 bits per heavy atom. The van der Waals surface area contributed by atoms with E-state index in [4.69, 9.17) is 14.2 Å². The SMILES string of the molecule is COc1c2c(cc3c1OCO3)C[C@H](C1C(=O)NC(=O)NC1=O)C1(C2)C(=O)NC(=O)NC1=O. The van der Waals surface area contributed by atoms with Crippen LogP contribution in [0.25, 0.3) is 0 Å². The van der Waals surface area contributed by atoms with E-state index in [1.807, 2.05) is 10.6 Å². The molecule has 4 aliphatic rings. The highest BCUT2D eigenvalue weighted by atomic mass is 16.7. The average molecular weight is 444 g/mol. The van der Waals surface area contributed by atoms with Crippen LogP contribution < -0.4 is 35.5 Å². The summed E-state index contributed by atoms with van der Waals surface area (Å²) < 4.78 is 16.4. The lowest BCUT2D eigenvalue weighted by Crippen LogP contribution is -2.70. The van der Waals surface area contributed by atoms with Gasteiger partial charge >= 0.3 is 12.1 Å². The largest absolute Gasteiger partial charge is 0.492 e. The molecule has 0 saturated carbocycles. The second-order valence-corrected chi connectivity index (χ2v) is 7.76. The highest BCUT2D eigenvalue weighted by molar-refractivity contribution is 6.22. The molecule has 4 N–H and O–H groups in total. The molecule has 3 aliphatic heterocycles. The molecule has 13 nitrogen and oxygen atoms in total. The first-order valence-corrected chi connectivity index (χ1v) is 9.57. The first-order valence-electron chi connectivity index (χ1n) is 9.57. The minimum Gasteiger partial charge on any atom is -0.492 e. The van der Waals surface area contributed by atoms with Gasteiger partial charge in [0.05, 0.1) is 7.11 Å². The van der Waals surface area contributed by atoms with Crippen LogP contribution in [-0.4, -0.2) is 49.6 Å². The van der Waals surface area contributed by atoms with Gasteiger partial charge in [-0.2, -0.15) is 0 Å². The number of carbonyl (C=O) groups excluding carboxylic acids is 6. The number of barbiturate groups is 2. The molecule has 1 aliphatic carbocycles. The predicted molar refractivity (Wildman–Crippen MR) is 99.3 cm³/mol. The van der Waals surface area contributed by atoms with Gasteiger partial charge in [0, 0.05) is 17.9 Å². The summed E-state index contributed by atoms with van der Waals surface area (Å²) in [6, 6.07) is -0.381. The number of hydrogen-bond donors (Lipinski definition) is 4. The van der Waals surface area contributed by atoms with E-state index in [0.717, 1.165) is 0 Å². The van der Waals surface area contributed by atoms with E-state index in [1.165, 1.54) is 7.11 Å². The van der Waals surface area contributed by atoms with Crippen LogP contribution in [0, 0.1) is 17.3 Å². The van der Waals surface area contributed by atoms with Gasteiger partial charge in [-0.25, -0.2) is 9.59 Å². The van der Waals surface area contributed by atoms with E-state index in [1.54, 1.807) is 6.07 Å². The molecule has 2 fully saturated rings. The topological polar surface area (TPSA) is 178 Å². The van der Waals surface area contributed by atoms with Crippen molar-refractivity contribution in [2.45, 2.75) is 12.8 Å². The Bertz CT molecular complexity index is 1100. The van der Waals surface area contributed by atoms with Crippen LogP contribution in [0.5, 0.6) is 17.2 Å². The lowest BCUT2D eigenvalue weighted by atomic mass is 9.58. The van der Waals surface area contributed by atoms with Crippen molar-refractivity contribution in [1.29, 1.82) is 0 Å². The third-order valence-corrected chi connectivity index (χ3v) is 6.25. The Morgan fingerprint density at radius 3 is 2.19 bits per heavy atom. The molecule has 32 heavy (non-hydrogen) atoms. The number of fused-ring (bicyclic) bond motifs is 2. The van der Waals surface area contributed by atoms with Crippen LogP contribution >= 0.6 is 0 Å². The molecule has 166 valence electrons. The number of hydrogen-bond acceptors (Lipinski definition) is 9. The fraction of sp³-hybridized carbons (Fsp3) is 0.368. The normalized spacial score (nSPS) is 23.8. The van der Waals surface area contributed by atoms with Crippen LogP contribution in [0.2, 0.25) is 0 Å². The fourth-order valence-electron chi connectivity index (χ4n) is 4.87. The summed E-state index contributed by atoms with van der Waals surface area (Å²) in [6.45, 7) is -0.0613. The second kappa shape index (κ2) is 6.67. The van der Waals surface area contributed by atoms with E-state index < -0.39 is 52.9 Å². The summed E-state index contributed by atoms with van der Waals surface area (Å²) in [4.78, 5) is 74.9. The maximum atomic E-state index is 13.1.